The third-order valence-corrected chi connectivity index (χ3v) is 12.8. The van der Waals surface area contributed by atoms with Gasteiger partial charge in [-0.2, -0.15) is 0 Å². The first kappa shape index (κ1) is 61.2. The molecule has 0 spiro atoms. The minimum Gasteiger partial charge on any atom is -0.489 e. The van der Waals surface area contributed by atoms with E-state index in [4.69, 9.17) is 28.4 Å². The molecule has 0 aliphatic heterocycles. The van der Waals surface area contributed by atoms with Gasteiger partial charge in [-0.3, -0.25) is 0 Å². The lowest BCUT2D eigenvalue weighted by molar-refractivity contribution is -0.148. The molecule has 2 aromatic carbocycles. The van der Waals surface area contributed by atoms with Gasteiger partial charge < -0.3 is 33.5 Å². The number of aromatic carboxylic acids is 1. The number of esters is 2. The van der Waals surface area contributed by atoms with Crippen molar-refractivity contribution < 1.29 is 47.9 Å². The van der Waals surface area contributed by atoms with Crippen LogP contribution in [0.1, 0.15) is 230 Å². The molecule has 69 heavy (non-hydrogen) atoms. The SMILES string of the molecule is C=CC(=O)OC(COCCCCCCCCCCCCCCCCCC)COc1cc(C(=O)O)c(OCC(COCCCCCCCCCCCCCCCCCC)OC(=O)C=C)c2ccccc12. The molecule has 2 rings (SSSR count). The maximum absolute atomic E-state index is 12.7. The van der Waals surface area contributed by atoms with Gasteiger partial charge in [0.1, 0.15) is 30.3 Å². The molecule has 392 valence electrons. The molecule has 0 amide bonds. The molecular weight excluding hydrogens is 869 g/mol. The second-order valence-electron chi connectivity index (χ2n) is 19.0. The fourth-order valence-corrected chi connectivity index (χ4v) is 8.70. The zero-order valence-electron chi connectivity index (χ0n) is 43.6. The quantitative estimate of drug-likeness (QED) is 0.0389. The molecule has 0 bridgehead atoms. The Balaban J connectivity index is 1.80. The van der Waals surface area contributed by atoms with E-state index < -0.39 is 30.1 Å². The molecule has 1 N–H and O–H groups in total. The minimum atomic E-state index is -1.23. The lowest BCUT2D eigenvalue weighted by Gasteiger charge is -2.22. The van der Waals surface area contributed by atoms with Crippen molar-refractivity contribution in [2.45, 2.75) is 232 Å². The smallest absolute Gasteiger partial charge is 0.339 e. The van der Waals surface area contributed by atoms with Crippen LogP contribution in [0.3, 0.4) is 0 Å². The van der Waals surface area contributed by atoms with Crippen LogP contribution in [0.25, 0.3) is 10.8 Å². The van der Waals surface area contributed by atoms with Gasteiger partial charge >= 0.3 is 17.9 Å². The highest BCUT2D eigenvalue weighted by Crippen LogP contribution is 2.37. The summed E-state index contributed by atoms with van der Waals surface area (Å²) in [4.78, 5) is 37.2. The molecule has 0 fully saturated rings. The molecule has 0 radical (unpaired) electrons. The first-order valence-electron chi connectivity index (χ1n) is 27.7. The lowest BCUT2D eigenvalue weighted by Crippen LogP contribution is -2.30. The molecule has 0 heterocycles. The van der Waals surface area contributed by atoms with Gasteiger partial charge in [0.15, 0.2) is 12.2 Å². The minimum absolute atomic E-state index is 0.0713. The zero-order chi connectivity index (χ0) is 49.8. The van der Waals surface area contributed by atoms with Crippen molar-refractivity contribution in [3.05, 3.63) is 61.2 Å². The Hall–Kier alpha value is -3.89. The molecular formula is C59H96O10. The number of carboxylic acid groups (broad SMARTS) is 1. The molecule has 10 nitrogen and oxygen atoms in total. The largest absolute Gasteiger partial charge is 0.489 e. The van der Waals surface area contributed by atoms with Crippen molar-refractivity contribution in [2.24, 2.45) is 0 Å². The van der Waals surface area contributed by atoms with Crippen LogP contribution in [0.5, 0.6) is 11.5 Å². The number of carbonyl (C=O) groups excluding carboxylic acids is 2. The molecule has 2 unspecified atom stereocenters. The number of fused-ring (bicyclic) bond motifs is 1. The van der Waals surface area contributed by atoms with E-state index in [2.05, 4.69) is 27.0 Å². The number of benzene rings is 2. The van der Waals surface area contributed by atoms with Crippen LogP contribution in [0.15, 0.2) is 55.6 Å². The fraction of sp³-hybridized carbons (Fsp3) is 0.712. The van der Waals surface area contributed by atoms with E-state index in [1.54, 1.807) is 18.2 Å². The molecule has 0 aromatic heterocycles. The fourth-order valence-electron chi connectivity index (χ4n) is 8.70. The van der Waals surface area contributed by atoms with Gasteiger partial charge in [0.25, 0.3) is 0 Å². The number of hydrogen-bond acceptors (Lipinski definition) is 9. The molecule has 0 saturated heterocycles. The van der Waals surface area contributed by atoms with Crippen molar-refractivity contribution >= 4 is 28.7 Å². The van der Waals surface area contributed by atoms with Gasteiger partial charge in [0.05, 0.1) is 13.2 Å². The van der Waals surface area contributed by atoms with Crippen LogP contribution in [-0.2, 0) is 28.5 Å². The standard InChI is InChI=1S/C59H96O10/c1-5-9-11-13-15-17-19-21-23-25-27-29-31-33-35-39-43-64-46-50(68-56(60)7-3)48-66-55-45-54(59(62)63)58(53-42-38-37-41-52(53)55)67-49-51(69-57(61)8-4)47-65-44-40-36-34-32-30-28-26-24-22-20-18-16-14-12-10-6-2/h7-8,37-38,41-42,45,50-51H,3-6,9-36,39-40,43-44,46-49H2,1-2H3,(H,62,63). The third kappa shape index (κ3) is 31.1. The summed E-state index contributed by atoms with van der Waals surface area (Å²) in [5.41, 5.74) is -0.133. The summed E-state index contributed by atoms with van der Waals surface area (Å²) in [6.45, 7) is 12.6. The van der Waals surface area contributed by atoms with Gasteiger partial charge in [-0.25, -0.2) is 14.4 Å². The van der Waals surface area contributed by atoms with E-state index in [0.717, 1.165) is 44.3 Å². The average molecular weight is 965 g/mol. The Bertz CT molecular complexity index is 1620. The summed E-state index contributed by atoms with van der Waals surface area (Å²) in [5.74, 6) is -2.06. The maximum Gasteiger partial charge on any atom is 0.339 e. The molecule has 0 aliphatic rings. The van der Waals surface area contributed by atoms with Gasteiger partial charge in [-0.1, -0.05) is 244 Å². The molecule has 0 aliphatic carbocycles. The van der Waals surface area contributed by atoms with Crippen LogP contribution in [0, 0.1) is 0 Å². The number of ether oxygens (including phenoxy) is 6. The Morgan fingerprint density at radius 1 is 0.478 bits per heavy atom. The molecule has 0 saturated carbocycles. The highest BCUT2D eigenvalue weighted by atomic mass is 16.6. The van der Waals surface area contributed by atoms with Gasteiger partial charge in [0, 0.05) is 36.1 Å². The predicted octanol–water partition coefficient (Wildman–Crippen LogP) is 16.0. The number of hydrogen-bond donors (Lipinski definition) is 1. The van der Waals surface area contributed by atoms with Crippen molar-refractivity contribution in [1.29, 1.82) is 0 Å². The third-order valence-electron chi connectivity index (χ3n) is 12.8. The van der Waals surface area contributed by atoms with Gasteiger partial charge in [-0.15, -0.1) is 0 Å². The van der Waals surface area contributed by atoms with E-state index in [1.165, 1.54) is 179 Å². The summed E-state index contributed by atoms with van der Waals surface area (Å²) in [6, 6.07) is 8.55. The second-order valence-corrected chi connectivity index (χ2v) is 19.0. The number of unbranched alkanes of at least 4 members (excludes halogenated alkanes) is 30. The summed E-state index contributed by atoms with van der Waals surface area (Å²) in [7, 11) is 0. The van der Waals surface area contributed by atoms with Gasteiger partial charge in [-0.05, 0) is 18.9 Å². The summed E-state index contributed by atoms with van der Waals surface area (Å²) in [6.07, 6.45) is 42.0. The van der Waals surface area contributed by atoms with Crippen molar-refractivity contribution in [3.63, 3.8) is 0 Å². The highest BCUT2D eigenvalue weighted by Gasteiger charge is 2.23. The van der Waals surface area contributed by atoms with Crippen molar-refractivity contribution in [3.8, 4) is 11.5 Å². The van der Waals surface area contributed by atoms with E-state index in [0.29, 0.717) is 24.0 Å². The van der Waals surface area contributed by atoms with E-state index in [1.807, 2.05) is 6.07 Å². The van der Waals surface area contributed by atoms with E-state index in [-0.39, 0.29) is 43.5 Å². The van der Waals surface area contributed by atoms with Crippen LogP contribution < -0.4 is 9.47 Å². The monoisotopic (exact) mass is 965 g/mol. The Kier molecular flexibility index (Phi) is 38.1. The van der Waals surface area contributed by atoms with Crippen LogP contribution in [0.2, 0.25) is 0 Å². The van der Waals surface area contributed by atoms with Crippen molar-refractivity contribution in [2.75, 3.05) is 39.6 Å². The van der Waals surface area contributed by atoms with Crippen LogP contribution in [-0.4, -0.2) is 74.9 Å². The van der Waals surface area contributed by atoms with E-state index >= 15 is 0 Å². The topological polar surface area (TPSA) is 127 Å². The Morgan fingerprint density at radius 3 is 1.16 bits per heavy atom. The summed E-state index contributed by atoms with van der Waals surface area (Å²) in [5, 5.41) is 11.5. The highest BCUT2D eigenvalue weighted by molar-refractivity contribution is 6.03. The Labute approximate surface area is 419 Å². The predicted molar refractivity (Wildman–Crippen MR) is 283 cm³/mol. The average Bonchev–Trinajstić information content (AvgIpc) is 3.35. The van der Waals surface area contributed by atoms with E-state index in [9.17, 15) is 19.5 Å². The first-order chi connectivity index (χ1) is 33.8. The van der Waals surface area contributed by atoms with Gasteiger partial charge in [0.2, 0.25) is 0 Å². The van der Waals surface area contributed by atoms with Crippen LogP contribution >= 0.6 is 0 Å². The first-order valence-corrected chi connectivity index (χ1v) is 27.7. The molecule has 2 aromatic rings. The number of rotatable bonds is 49. The lowest BCUT2D eigenvalue weighted by atomic mass is 10.0. The van der Waals surface area contributed by atoms with Crippen LogP contribution in [0.4, 0.5) is 0 Å². The molecule has 2 atom stereocenters. The maximum atomic E-state index is 12.7. The van der Waals surface area contributed by atoms with Crippen molar-refractivity contribution in [1.82, 2.24) is 0 Å². The number of carboxylic acids is 1. The molecule has 10 heteroatoms. The summed E-state index contributed by atoms with van der Waals surface area (Å²) >= 11 is 0. The summed E-state index contributed by atoms with van der Waals surface area (Å²) < 4.78 is 35.4. The Morgan fingerprint density at radius 2 is 0.812 bits per heavy atom. The normalized spacial score (nSPS) is 12.1. The number of carbonyl (C=O) groups is 3. The second kappa shape index (κ2) is 42.9. The zero-order valence-corrected chi connectivity index (χ0v) is 43.6.